The van der Waals surface area contributed by atoms with Crippen LogP contribution in [0.3, 0.4) is 0 Å². The molecular formula is C15H16BrN. The van der Waals surface area contributed by atoms with E-state index in [1.54, 1.807) is 0 Å². The molecule has 0 bridgehead atoms. The second kappa shape index (κ2) is 5.97. The molecule has 1 nitrogen and oxygen atoms in total. The van der Waals surface area contributed by atoms with E-state index in [0.29, 0.717) is 0 Å². The average molecular weight is 290 g/mol. The molecule has 2 aromatic rings. The van der Waals surface area contributed by atoms with Crippen molar-refractivity contribution in [3.8, 4) is 11.3 Å². The Morgan fingerprint density at radius 3 is 2.53 bits per heavy atom. The van der Waals surface area contributed by atoms with Crippen LogP contribution in [0.2, 0.25) is 0 Å². The summed E-state index contributed by atoms with van der Waals surface area (Å²) in [6, 6.07) is 14.5. The van der Waals surface area contributed by atoms with Gasteiger partial charge in [-0.25, -0.2) is 0 Å². The van der Waals surface area contributed by atoms with Crippen molar-refractivity contribution in [3.63, 3.8) is 0 Å². The number of aryl methyl sites for hydroxylation is 1. The molecule has 0 aliphatic rings. The molecule has 1 heterocycles. The fourth-order valence-electron chi connectivity index (χ4n) is 1.78. The summed E-state index contributed by atoms with van der Waals surface area (Å²) < 4.78 is 1.06. The largest absolute Gasteiger partial charge is 0.252 e. The number of rotatable bonds is 4. The van der Waals surface area contributed by atoms with Crippen molar-refractivity contribution in [2.24, 2.45) is 0 Å². The SMILES string of the molecule is CCCCc1ccc(Br)c(-c2ccccc2)n1. The Morgan fingerprint density at radius 1 is 1.06 bits per heavy atom. The summed E-state index contributed by atoms with van der Waals surface area (Å²) in [5, 5.41) is 0. The smallest absolute Gasteiger partial charge is 0.0847 e. The molecule has 0 unspecified atom stereocenters. The summed E-state index contributed by atoms with van der Waals surface area (Å²) in [7, 11) is 0. The Balaban J connectivity index is 2.33. The number of halogens is 1. The van der Waals surface area contributed by atoms with Crippen LogP contribution in [0.15, 0.2) is 46.9 Å². The predicted octanol–water partition coefficient (Wildman–Crippen LogP) is 4.85. The number of pyridine rings is 1. The summed E-state index contributed by atoms with van der Waals surface area (Å²) >= 11 is 3.57. The van der Waals surface area contributed by atoms with E-state index in [4.69, 9.17) is 4.98 Å². The van der Waals surface area contributed by atoms with Crippen LogP contribution in [0.1, 0.15) is 25.5 Å². The molecule has 0 atom stereocenters. The van der Waals surface area contributed by atoms with Gasteiger partial charge in [-0.1, -0.05) is 43.7 Å². The Hall–Kier alpha value is -1.15. The van der Waals surface area contributed by atoms with Crippen molar-refractivity contribution in [2.45, 2.75) is 26.2 Å². The average Bonchev–Trinajstić information content (AvgIpc) is 2.39. The van der Waals surface area contributed by atoms with E-state index in [1.165, 1.54) is 18.5 Å². The monoisotopic (exact) mass is 289 g/mol. The van der Waals surface area contributed by atoms with Crippen LogP contribution in [-0.4, -0.2) is 4.98 Å². The van der Waals surface area contributed by atoms with Crippen LogP contribution in [-0.2, 0) is 6.42 Å². The fourth-order valence-corrected chi connectivity index (χ4v) is 2.23. The minimum Gasteiger partial charge on any atom is -0.252 e. The molecule has 0 aliphatic carbocycles. The van der Waals surface area contributed by atoms with Crippen molar-refractivity contribution in [1.29, 1.82) is 0 Å². The van der Waals surface area contributed by atoms with Gasteiger partial charge in [-0.2, -0.15) is 0 Å². The van der Waals surface area contributed by atoms with Gasteiger partial charge in [0.1, 0.15) is 0 Å². The van der Waals surface area contributed by atoms with Crippen molar-refractivity contribution in [2.75, 3.05) is 0 Å². The highest BCUT2D eigenvalue weighted by Gasteiger charge is 2.05. The van der Waals surface area contributed by atoms with E-state index in [1.807, 2.05) is 18.2 Å². The highest BCUT2D eigenvalue weighted by molar-refractivity contribution is 9.10. The molecule has 2 rings (SSSR count). The van der Waals surface area contributed by atoms with Crippen molar-refractivity contribution in [1.82, 2.24) is 4.98 Å². The van der Waals surface area contributed by atoms with Gasteiger partial charge in [0.15, 0.2) is 0 Å². The number of aromatic nitrogens is 1. The fraction of sp³-hybridized carbons (Fsp3) is 0.267. The zero-order valence-corrected chi connectivity index (χ0v) is 11.6. The van der Waals surface area contributed by atoms with Gasteiger partial charge in [0, 0.05) is 15.7 Å². The Bertz CT molecular complexity index is 480. The molecule has 0 saturated carbocycles. The van der Waals surface area contributed by atoms with E-state index in [0.717, 1.165) is 22.2 Å². The van der Waals surface area contributed by atoms with Crippen LogP contribution in [0.4, 0.5) is 0 Å². The number of unbranched alkanes of at least 4 members (excludes halogenated alkanes) is 1. The molecule has 0 aliphatic heterocycles. The second-order valence-electron chi connectivity index (χ2n) is 4.10. The standard InChI is InChI=1S/C15H16BrN/c1-2-3-9-13-10-11-14(16)15(17-13)12-7-5-4-6-8-12/h4-8,10-11H,2-3,9H2,1H3. The predicted molar refractivity (Wildman–Crippen MR) is 76.0 cm³/mol. The number of hydrogen-bond acceptors (Lipinski definition) is 1. The van der Waals surface area contributed by atoms with Crippen LogP contribution < -0.4 is 0 Å². The highest BCUT2D eigenvalue weighted by Crippen LogP contribution is 2.26. The summed E-state index contributed by atoms with van der Waals surface area (Å²) in [6.07, 6.45) is 3.46. The first-order valence-corrected chi connectivity index (χ1v) is 6.81. The van der Waals surface area contributed by atoms with Crippen LogP contribution in [0.5, 0.6) is 0 Å². The van der Waals surface area contributed by atoms with Gasteiger partial charge in [-0.15, -0.1) is 0 Å². The highest BCUT2D eigenvalue weighted by atomic mass is 79.9. The third kappa shape index (κ3) is 3.16. The Morgan fingerprint density at radius 2 is 1.82 bits per heavy atom. The lowest BCUT2D eigenvalue weighted by Gasteiger charge is -2.06. The van der Waals surface area contributed by atoms with Gasteiger partial charge >= 0.3 is 0 Å². The van der Waals surface area contributed by atoms with Gasteiger partial charge in [0.2, 0.25) is 0 Å². The van der Waals surface area contributed by atoms with Crippen LogP contribution in [0.25, 0.3) is 11.3 Å². The molecule has 88 valence electrons. The minimum absolute atomic E-state index is 1.04. The maximum Gasteiger partial charge on any atom is 0.0847 e. The third-order valence-corrected chi connectivity index (χ3v) is 3.38. The number of benzene rings is 1. The quantitative estimate of drug-likeness (QED) is 0.784. The van der Waals surface area contributed by atoms with Crippen LogP contribution in [0, 0.1) is 0 Å². The lowest BCUT2D eigenvalue weighted by Crippen LogP contribution is -1.93. The molecule has 0 amide bonds. The molecule has 0 spiro atoms. The van der Waals surface area contributed by atoms with E-state index >= 15 is 0 Å². The van der Waals surface area contributed by atoms with Crippen molar-refractivity contribution < 1.29 is 0 Å². The maximum atomic E-state index is 4.73. The normalized spacial score (nSPS) is 10.5. The third-order valence-electron chi connectivity index (χ3n) is 2.74. The van der Waals surface area contributed by atoms with E-state index in [2.05, 4.69) is 47.1 Å². The molecule has 1 aromatic carbocycles. The summed E-state index contributed by atoms with van der Waals surface area (Å²) in [6.45, 7) is 2.21. The van der Waals surface area contributed by atoms with E-state index in [9.17, 15) is 0 Å². The van der Waals surface area contributed by atoms with E-state index < -0.39 is 0 Å². The lowest BCUT2D eigenvalue weighted by molar-refractivity contribution is 0.777. The molecule has 17 heavy (non-hydrogen) atoms. The topological polar surface area (TPSA) is 12.9 Å². The second-order valence-corrected chi connectivity index (χ2v) is 4.96. The zero-order chi connectivity index (χ0) is 12.1. The molecular weight excluding hydrogens is 274 g/mol. The lowest BCUT2D eigenvalue weighted by atomic mass is 10.1. The van der Waals surface area contributed by atoms with Gasteiger partial charge in [0.05, 0.1) is 5.69 Å². The first-order valence-electron chi connectivity index (χ1n) is 6.02. The van der Waals surface area contributed by atoms with Gasteiger partial charge in [0.25, 0.3) is 0 Å². The summed E-state index contributed by atoms with van der Waals surface area (Å²) in [4.78, 5) is 4.73. The Kier molecular flexibility index (Phi) is 4.32. The molecule has 0 saturated heterocycles. The van der Waals surface area contributed by atoms with Gasteiger partial charge < -0.3 is 0 Å². The maximum absolute atomic E-state index is 4.73. The molecule has 2 heteroatoms. The first kappa shape index (κ1) is 12.3. The van der Waals surface area contributed by atoms with Crippen molar-refractivity contribution >= 4 is 15.9 Å². The number of nitrogens with zero attached hydrogens (tertiary/aromatic N) is 1. The van der Waals surface area contributed by atoms with Crippen LogP contribution >= 0.6 is 15.9 Å². The molecule has 1 aromatic heterocycles. The van der Waals surface area contributed by atoms with Crippen molar-refractivity contribution in [3.05, 3.63) is 52.6 Å². The van der Waals surface area contributed by atoms with E-state index in [-0.39, 0.29) is 0 Å². The molecule has 0 radical (unpaired) electrons. The molecule has 0 N–H and O–H groups in total. The Labute approximate surface area is 111 Å². The summed E-state index contributed by atoms with van der Waals surface area (Å²) in [5.74, 6) is 0. The summed E-state index contributed by atoms with van der Waals surface area (Å²) in [5.41, 5.74) is 3.38. The molecule has 0 fully saturated rings. The number of hydrogen-bond donors (Lipinski definition) is 0. The van der Waals surface area contributed by atoms with Gasteiger partial charge in [-0.05, 0) is 40.9 Å². The first-order chi connectivity index (χ1) is 8.31. The zero-order valence-electron chi connectivity index (χ0n) is 9.99. The van der Waals surface area contributed by atoms with Gasteiger partial charge in [-0.3, -0.25) is 4.98 Å². The minimum atomic E-state index is 1.04.